The van der Waals surface area contributed by atoms with Crippen LogP contribution in [-0.4, -0.2) is 61.3 Å². The summed E-state index contributed by atoms with van der Waals surface area (Å²) in [6.07, 6.45) is 0. The first kappa shape index (κ1) is 14.1. The van der Waals surface area contributed by atoms with E-state index in [1.54, 1.807) is 14.2 Å². The Kier molecular flexibility index (Phi) is 9.64. The average Bonchev–Trinajstić information content (AvgIpc) is 2.21. The largest absolute Gasteiger partial charge is 0.402 e. The number of piperazine rings is 1. The third-order valence-electron chi connectivity index (χ3n) is 2.12. The van der Waals surface area contributed by atoms with Gasteiger partial charge >= 0.3 is 10.0 Å². The quantitative estimate of drug-likeness (QED) is 0.655. The zero-order valence-electron chi connectivity index (χ0n) is 9.88. The Morgan fingerprint density at radius 3 is 1.86 bits per heavy atom. The Morgan fingerprint density at radius 1 is 1.14 bits per heavy atom. The van der Waals surface area contributed by atoms with Gasteiger partial charge in [-0.25, -0.2) is 0 Å². The van der Waals surface area contributed by atoms with Crippen molar-refractivity contribution in [2.24, 2.45) is 0 Å². The van der Waals surface area contributed by atoms with Crippen LogP contribution in [0.5, 0.6) is 0 Å². The molecule has 0 aromatic carbocycles. The minimum Gasteiger partial charge on any atom is -0.402 e. The van der Waals surface area contributed by atoms with Gasteiger partial charge in [0.05, 0.1) is 0 Å². The SMILES string of the molecule is CC(C)N1CCNCC1.CO[SiH2]OC. The number of hydrogen-bond acceptors (Lipinski definition) is 4. The van der Waals surface area contributed by atoms with Gasteiger partial charge in [-0.15, -0.1) is 0 Å². The molecule has 1 saturated heterocycles. The molecule has 1 heterocycles. The summed E-state index contributed by atoms with van der Waals surface area (Å²) in [6, 6.07) is 0.729. The molecule has 0 amide bonds. The second kappa shape index (κ2) is 9.61. The molecule has 0 saturated carbocycles. The molecule has 0 atom stereocenters. The van der Waals surface area contributed by atoms with E-state index in [1.165, 1.54) is 13.1 Å². The smallest absolute Gasteiger partial charge is 0.303 e. The predicted octanol–water partition coefficient (Wildman–Crippen LogP) is -0.422. The topological polar surface area (TPSA) is 33.7 Å². The maximum absolute atomic E-state index is 4.61. The summed E-state index contributed by atoms with van der Waals surface area (Å²) < 4.78 is 9.22. The van der Waals surface area contributed by atoms with Crippen molar-refractivity contribution in [2.75, 3.05) is 40.4 Å². The van der Waals surface area contributed by atoms with Crippen LogP contribution in [-0.2, 0) is 8.85 Å². The molecule has 0 aromatic heterocycles. The molecule has 1 fully saturated rings. The molecule has 14 heavy (non-hydrogen) atoms. The molecular formula is C9H24N2O2Si. The molecule has 0 bridgehead atoms. The molecule has 86 valence electrons. The monoisotopic (exact) mass is 220 g/mol. The minimum absolute atomic E-state index is 0.568. The molecule has 1 N–H and O–H groups in total. The summed E-state index contributed by atoms with van der Waals surface area (Å²) in [5, 5.41) is 3.33. The molecule has 0 spiro atoms. The number of hydrogen-bond donors (Lipinski definition) is 1. The number of nitrogens with zero attached hydrogens (tertiary/aromatic N) is 1. The van der Waals surface area contributed by atoms with Crippen molar-refractivity contribution >= 4 is 10.0 Å². The van der Waals surface area contributed by atoms with Crippen molar-refractivity contribution in [3.8, 4) is 0 Å². The highest BCUT2D eigenvalue weighted by molar-refractivity contribution is 6.17. The molecule has 0 unspecified atom stereocenters. The first-order chi connectivity index (χ1) is 6.72. The first-order valence-electron chi connectivity index (χ1n) is 5.15. The fourth-order valence-corrected chi connectivity index (χ4v) is 1.55. The van der Waals surface area contributed by atoms with E-state index in [1.807, 2.05) is 0 Å². The van der Waals surface area contributed by atoms with Crippen LogP contribution in [0, 0.1) is 0 Å². The van der Waals surface area contributed by atoms with Gasteiger partial charge in [0, 0.05) is 46.4 Å². The Hall–Kier alpha value is 0.0569. The summed E-state index contributed by atoms with van der Waals surface area (Å²) in [6.45, 7) is 9.28. The van der Waals surface area contributed by atoms with Gasteiger partial charge in [0.25, 0.3) is 0 Å². The van der Waals surface area contributed by atoms with Crippen LogP contribution in [0.15, 0.2) is 0 Å². The summed E-state index contributed by atoms with van der Waals surface area (Å²) >= 11 is 0. The second-order valence-corrected chi connectivity index (χ2v) is 4.97. The lowest BCUT2D eigenvalue weighted by Crippen LogP contribution is -2.46. The predicted molar refractivity (Wildman–Crippen MR) is 62.1 cm³/mol. The van der Waals surface area contributed by atoms with E-state index in [4.69, 9.17) is 0 Å². The van der Waals surface area contributed by atoms with Crippen LogP contribution in [0.4, 0.5) is 0 Å². The van der Waals surface area contributed by atoms with Crippen molar-refractivity contribution in [3.05, 3.63) is 0 Å². The maximum Gasteiger partial charge on any atom is 0.303 e. The van der Waals surface area contributed by atoms with Gasteiger partial charge in [-0.2, -0.15) is 0 Å². The van der Waals surface area contributed by atoms with Crippen LogP contribution in [0.3, 0.4) is 0 Å². The highest BCUT2D eigenvalue weighted by atomic mass is 28.3. The van der Waals surface area contributed by atoms with Crippen molar-refractivity contribution < 1.29 is 8.85 Å². The molecule has 0 aromatic rings. The van der Waals surface area contributed by atoms with E-state index < -0.39 is 10.0 Å². The van der Waals surface area contributed by atoms with Gasteiger partial charge in [-0.1, -0.05) is 0 Å². The molecule has 1 aliphatic heterocycles. The molecule has 1 aliphatic rings. The van der Waals surface area contributed by atoms with Crippen molar-refractivity contribution in [1.29, 1.82) is 0 Å². The van der Waals surface area contributed by atoms with Crippen molar-refractivity contribution in [1.82, 2.24) is 10.2 Å². The van der Waals surface area contributed by atoms with Gasteiger partial charge in [-0.3, -0.25) is 4.90 Å². The third-order valence-corrected chi connectivity index (χ3v) is 2.59. The van der Waals surface area contributed by atoms with E-state index in [2.05, 4.69) is 32.9 Å². The third kappa shape index (κ3) is 7.46. The summed E-state index contributed by atoms with van der Waals surface area (Å²) in [7, 11) is 2.73. The zero-order chi connectivity index (χ0) is 10.8. The summed E-state index contributed by atoms with van der Waals surface area (Å²) in [4.78, 5) is 2.50. The standard InChI is InChI=1S/C7H16N2.C2H8O2Si/c1-7(2)9-5-3-8-4-6-9;1-3-5-4-2/h7-8H,3-6H2,1-2H3;5H2,1-2H3. The van der Waals surface area contributed by atoms with Crippen LogP contribution < -0.4 is 5.32 Å². The Morgan fingerprint density at radius 2 is 1.64 bits per heavy atom. The molecule has 5 heteroatoms. The van der Waals surface area contributed by atoms with E-state index >= 15 is 0 Å². The Labute approximate surface area is 90.0 Å². The average molecular weight is 220 g/mol. The molecular weight excluding hydrogens is 196 g/mol. The van der Waals surface area contributed by atoms with Crippen molar-refractivity contribution in [2.45, 2.75) is 19.9 Å². The fourth-order valence-electron chi connectivity index (χ4n) is 1.32. The minimum atomic E-state index is -0.568. The normalized spacial score (nSPS) is 17.8. The van der Waals surface area contributed by atoms with Crippen LogP contribution >= 0.6 is 0 Å². The second-order valence-electron chi connectivity index (χ2n) is 3.57. The van der Waals surface area contributed by atoms with Crippen LogP contribution in [0.2, 0.25) is 0 Å². The Balaban J connectivity index is 0.000000292. The summed E-state index contributed by atoms with van der Waals surface area (Å²) in [5.41, 5.74) is 0. The number of rotatable bonds is 3. The zero-order valence-corrected chi connectivity index (χ0v) is 11.3. The van der Waals surface area contributed by atoms with Gasteiger partial charge in [0.1, 0.15) is 0 Å². The lowest BCUT2D eigenvalue weighted by Gasteiger charge is -2.30. The van der Waals surface area contributed by atoms with Crippen molar-refractivity contribution in [3.63, 3.8) is 0 Å². The molecule has 0 radical (unpaired) electrons. The van der Waals surface area contributed by atoms with Gasteiger partial charge < -0.3 is 14.2 Å². The lowest BCUT2D eigenvalue weighted by atomic mass is 10.3. The van der Waals surface area contributed by atoms with E-state index in [9.17, 15) is 0 Å². The van der Waals surface area contributed by atoms with Crippen LogP contribution in [0.25, 0.3) is 0 Å². The van der Waals surface area contributed by atoms with E-state index in [0.717, 1.165) is 19.1 Å². The van der Waals surface area contributed by atoms with Gasteiger partial charge in [0.15, 0.2) is 0 Å². The molecule has 4 nitrogen and oxygen atoms in total. The summed E-state index contributed by atoms with van der Waals surface area (Å²) in [5.74, 6) is 0. The van der Waals surface area contributed by atoms with E-state index in [-0.39, 0.29) is 0 Å². The first-order valence-corrected chi connectivity index (χ1v) is 6.30. The van der Waals surface area contributed by atoms with Gasteiger partial charge in [0.2, 0.25) is 0 Å². The Bertz CT molecular complexity index is 117. The molecule has 0 aliphatic carbocycles. The maximum atomic E-state index is 4.61. The van der Waals surface area contributed by atoms with E-state index in [0.29, 0.717) is 0 Å². The fraction of sp³-hybridized carbons (Fsp3) is 1.00. The molecule has 1 rings (SSSR count). The number of nitrogens with one attached hydrogen (secondary N) is 1. The highest BCUT2D eigenvalue weighted by Gasteiger charge is 2.11. The van der Waals surface area contributed by atoms with Crippen LogP contribution in [0.1, 0.15) is 13.8 Å². The lowest BCUT2D eigenvalue weighted by molar-refractivity contribution is 0.196. The van der Waals surface area contributed by atoms with Gasteiger partial charge in [-0.05, 0) is 13.8 Å². The highest BCUT2D eigenvalue weighted by Crippen LogP contribution is 1.97.